The van der Waals surface area contributed by atoms with Crippen LogP contribution in [0.15, 0.2) is 57.5 Å². The van der Waals surface area contributed by atoms with E-state index in [-0.39, 0.29) is 15.2 Å². The second kappa shape index (κ2) is 8.13. The van der Waals surface area contributed by atoms with Crippen LogP contribution in [0.2, 0.25) is 4.34 Å². The van der Waals surface area contributed by atoms with Crippen LogP contribution in [0.4, 0.5) is 0 Å². The summed E-state index contributed by atoms with van der Waals surface area (Å²) in [5.74, 6) is -1.46. The number of thiophene rings is 1. The summed E-state index contributed by atoms with van der Waals surface area (Å²) in [6, 6.07) is 11.8. The highest BCUT2D eigenvalue weighted by molar-refractivity contribution is 7.89. The van der Waals surface area contributed by atoms with Gasteiger partial charge in [0.05, 0.1) is 22.7 Å². The Bertz CT molecular complexity index is 1170. The van der Waals surface area contributed by atoms with Crippen molar-refractivity contribution in [2.24, 2.45) is 0 Å². The fraction of sp³-hybridized carbons (Fsp3) is 0.118. The van der Waals surface area contributed by atoms with E-state index in [0.29, 0.717) is 5.69 Å². The zero-order valence-corrected chi connectivity index (χ0v) is 16.8. The number of carbonyl (C=O) groups is 1. The molecule has 0 bridgehead atoms. The molecule has 0 atom stereocenters. The summed E-state index contributed by atoms with van der Waals surface area (Å²) in [5, 5.41) is 3.96. The Morgan fingerprint density at radius 3 is 2.54 bits per heavy atom. The minimum absolute atomic E-state index is 0.0255. The molecule has 0 aliphatic carbocycles. The Morgan fingerprint density at radius 1 is 1.21 bits per heavy atom. The van der Waals surface area contributed by atoms with Gasteiger partial charge in [-0.1, -0.05) is 29.8 Å². The van der Waals surface area contributed by atoms with Gasteiger partial charge in [-0.2, -0.15) is 18.2 Å². The number of halogens is 1. The van der Waals surface area contributed by atoms with E-state index in [4.69, 9.17) is 20.5 Å². The lowest BCUT2D eigenvalue weighted by molar-refractivity contribution is 0.0515. The third-order valence-corrected chi connectivity index (χ3v) is 6.28. The van der Waals surface area contributed by atoms with Gasteiger partial charge in [0.2, 0.25) is 5.69 Å². The van der Waals surface area contributed by atoms with Crippen LogP contribution in [-0.4, -0.2) is 30.8 Å². The van der Waals surface area contributed by atoms with E-state index in [0.717, 1.165) is 22.1 Å². The van der Waals surface area contributed by atoms with E-state index in [2.05, 4.69) is 5.10 Å². The average Bonchev–Trinajstić information content (AvgIpc) is 3.10. The van der Waals surface area contributed by atoms with Crippen molar-refractivity contribution in [3.8, 4) is 11.4 Å². The molecule has 0 amide bonds. The summed E-state index contributed by atoms with van der Waals surface area (Å²) in [5.41, 5.74) is -0.748. The van der Waals surface area contributed by atoms with Crippen molar-refractivity contribution in [1.29, 1.82) is 0 Å². The van der Waals surface area contributed by atoms with Crippen molar-refractivity contribution >= 4 is 39.0 Å². The van der Waals surface area contributed by atoms with Crippen LogP contribution < -0.4 is 9.74 Å². The number of hydrogen-bond donors (Lipinski definition) is 0. The highest BCUT2D eigenvalue weighted by atomic mass is 35.5. The van der Waals surface area contributed by atoms with E-state index in [1.165, 1.54) is 12.1 Å². The maximum absolute atomic E-state index is 12.5. The minimum Gasteiger partial charge on any atom is -0.461 e. The standard InChI is InChI=1S/C17H13ClN2O6S2/c1-2-25-17(22)16-12(26-28(23,24)15-9-8-13(18)27-15)10-14(21)20(19-16)11-6-4-3-5-7-11/h3-10H,2H2,1H3. The molecule has 0 fully saturated rings. The number of nitrogens with zero attached hydrogens (tertiary/aromatic N) is 2. The molecular weight excluding hydrogens is 428 g/mol. The lowest BCUT2D eigenvalue weighted by Crippen LogP contribution is -2.26. The molecule has 3 rings (SSSR count). The predicted molar refractivity (Wildman–Crippen MR) is 103 cm³/mol. The normalized spacial score (nSPS) is 11.2. The average molecular weight is 441 g/mol. The zero-order chi connectivity index (χ0) is 20.3. The highest BCUT2D eigenvalue weighted by Gasteiger charge is 2.26. The van der Waals surface area contributed by atoms with Crippen molar-refractivity contribution in [3.05, 3.63) is 68.9 Å². The summed E-state index contributed by atoms with van der Waals surface area (Å²) in [6.07, 6.45) is 0. The summed E-state index contributed by atoms with van der Waals surface area (Å²) in [7, 11) is -4.32. The molecule has 1 aromatic carbocycles. The van der Waals surface area contributed by atoms with Crippen LogP contribution >= 0.6 is 22.9 Å². The van der Waals surface area contributed by atoms with Gasteiger partial charge in [0, 0.05) is 0 Å². The van der Waals surface area contributed by atoms with Gasteiger partial charge in [0.25, 0.3) is 5.56 Å². The van der Waals surface area contributed by atoms with Crippen molar-refractivity contribution in [3.63, 3.8) is 0 Å². The Hall–Kier alpha value is -2.69. The van der Waals surface area contributed by atoms with Gasteiger partial charge in [-0.15, -0.1) is 11.3 Å². The van der Waals surface area contributed by atoms with Gasteiger partial charge in [0.15, 0.2) is 9.96 Å². The first-order chi connectivity index (χ1) is 13.3. The molecule has 2 heterocycles. The summed E-state index contributed by atoms with van der Waals surface area (Å²) >= 11 is 6.54. The maximum atomic E-state index is 12.5. The second-order valence-corrected chi connectivity index (χ2v) is 8.75. The Balaban J connectivity index is 2.11. The van der Waals surface area contributed by atoms with Crippen molar-refractivity contribution in [2.75, 3.05) is 6.61 Å². The molecule has 0 spiro atoms. The van der Waals surface area contributed by atoms with Gasteiger partial charge in [-0.05, 0) is 31.2 Å². The number of aromatic nitrogens is 2. The molecule has 0 aliphatic rings. The van der Waals surface area contributed by atoms with Crippen molar-refractivity contribution in [2.45, 2.75) is 11.1 Å². The van der Waals surface area contributed by atoms with Crippen LogP contribution in [0, 0.1) is 0 Å². The van der Waals surface area contributed by atoms with E-state index in [1.807, 2.05) is 0 Å². The molecule has 28 heavy (non-hydrogen) atoms. The lowest BCUT2D eigenvalue weighted by Gasteiger charge is -2.11. The van der Waals surface area contributed by atoms with Gasteiger partial charge < -0.3 is 8.92 Å². The van der Waals surface area contributed by atoms with Crippen LogP contribution in [-0.2, 0) is 14.9 Å². The van der Waals surface area contributed by atoms with Gasteiger partial charge in [-0.3, -0.25) is 4.79 Å². The highest BCUT2D eigenvalue weighted by Crippen LogP contribution is 2.29. The lowest BCUT2D eigenvalue weighted by atomic mass is 10.3. The molecule has 146 valence electrons. The molecule has 0 N–H and O–H groups in total. The monoisotopic (exact) mass is 440 g/mol. The molecule has 3 aromatic rings. The first kappa shape index (κ1) is 20.1. The number of carbonyl (C=O) groups excluding carboxylic acids is 1. The second-order valence-electron chi connectivity index (χ2n) is 5.26. The van der Waals surface area contributed by atoms with E-state index in [9.17, 15) is 18.0 Å². The number of hydrogen-bond acceptors (Lipinski definition) is 8. The Morgan fingerprint density at radius 2 is 1.93 bits per heavy atom. The quantitative estimate of drug-likeness (QED) is 0.428. The Kier molecular flexibility index (Phi) is 5.82. The maximum Gasteiger partial charge on any atom is 0.362 e. The largest absolute Gasteiger partial charge is 0.461 e. The topological polar surface area (TPSA) is 105 Å². The Labute approximate surface area is 169 Å². The smallest absolute Gasteiger partial charge is 0.362 e. The van der Waals surface area contributed by atoms with E-state index >= 15 is 0 Å². The summed E-state index contributed by atoms with van der Waals surface area (Å²) in [4.78, 5) is 24.7. The van der Waals surface area contributed by atoms with E-state index in [1.54, 1.807) is 37.3 Å². The van der Waals surface area contributed by atoms with Crippen LogP contribution in [0.1, 0.15) is 17.4 Å². The minimum atomic E-state index is -4.32. The number of ether oxygens (including phenoxy) is 1. The number of benzene rings is 1. The summed E-state index contributed by atoms with van der Waals surface area (Å²) < 4.78 is 35.9. The number of esters is 1. The third-order valence-electron chi connectivity index (χ3n) is 3.36. The molecular formula is C17H13ClN2O6S2. The molecule has 0 unspecified atom stereocenters. The van der Waals surface area contributed by atoms with Crippen LogP contribution in [0.3, 0.4) is 0 Å². The van der Waals surface area contributed by atoms with Crippen LogP contribution in [0.25, 0.3) is 5.69 Å². The van der Waals surface area contributed by atoms with Gasteiger partial charge in [-0.25, -0.2) is 4.79 Å². The third kappa shape index (κ3) is 4.24. The van der Waals surface area contributed by atoms with Gasteiger partial charge in [0.1, 0.15) is 0 Å². The SMILES string of the molecule is CCOC(=O)c1nn(-c2ccccc2)c(=O)cc1OS(=O)(=O)c1ccc(Cl)s1. The first-order valence-electron chi connectivity index (χ1n) is 7.88. The molecule has 2 aromatic heterocycles. The molecule has 0 radical (unpaired) electrons. The molecule has 11 heteroatoms. The molecule has 0 saturated carbocycles. The zero-order valence-electron chi connectivity index (χ0n) is 14.4. The van der Waals surface area contributed by atoms with Crippen molar-refractivity contribution < 1.29 is 22.1 Å². The fourth-order valence-corrected chi connectivity index (χ4v) is 4.56. The number of rotatable bonds is 6. The van der Waals surface area contributed by atoms with Gasteiger partial charge >= 0.3 is 16.1 Å². The molecule has 8 nitrogen and oxygen atoms in total. The molecule has 0 saturated heterocycles. The number of para-hydroxylation sites is 1. The van der Waals surface area contributed by atoms with Crippen LogP contribution in [0.5, 0.6) is 5.75 Å². The summed E-state index contributed by atoms with van der Waals surface area (Å²) in [6.45, 7) is 1.60. The van der Waals surface area contributed by atoms with E-state index < -0.39 is 33.1 Å². The predicted octanol–water partition coefficient (Wildman–Crippen LogP) is 2.89. The first-order valence-corrected chi connectivity index (χ1v) is 10.5. The molecule has 0 aliphatic heterocycles. The van der Waals surface area contributed by atoms with Crippen molar-refractivity contribution in [1.82, 2.24) is 9.78 Å². The fourth-order valence-electron chi connectivity index (χ4n) is 2.19.